The highest BCUT2D eigenvalue weighted by atomic mass is 16.3. The van der Waals surface area contributed by atoms with Gasteiger partial charge in [0, 0.05) is 23.2 Å². The molecule has 3 aliphatic rings. The molecule has 0 saturated heterocycles. The van der Waals surface area contributed by atoms with Crippen LogP contribution in [0.25, 0.3) is 17.0 Å². The first kappa shape index (κ1) is 11.9. The van der Waals surface area contributed by atoms with Crippen molar-refractivity contribution in [2.75, 3.05) is 0 Å². The smallest absolute Gasteiger partial charge is 0.134 e. The fourth-order valence-electron chi connectivity index (χ4n) is 3.61. The van der Waals surface area contributed by atoms with E-state index < -0.39 is 0 Å². The van der Waals surface area contributed by atoms with Gasteiger partial charge in [-0.2, -0.15) is 0 Å². The molecule has 2 unspecified atom stereocenters. The fraction of sp³-hybridized carbons (Fsp3) is 0.200. The van der Waals surface area contributed by atoms with Crippen LogP contribution in [0.2, 0.25) is 0 Å². The first-order valence-electron chi connectivity index (χ1n) is 7.67. The average Bonchev–Trinajstić information content (AvgIpc) is 2.85. The normalized spacial score (nSPS) is 24.7. The third kappa shape index (κ3) is 1.57. The van der Waals surface area contributed by atoms with Gasteiger partial charge < -0.3 is 4.42 Å². The zero-order chi connectivity index (χ0) is 14.7. The molecule has 2 heteroatoms. The van der Waals surface area contributed by atoms with E-state index in [2.05, 4.69) is 60.3 Å². The van der Waals surface area contributed by atoms with Gasteiger partial charge in [0.2, 0.25) is 0 Å². The molecule has 1 aromatic heterocycles. The summed E-state index contributed by atoms with van der Waals surface area (Å²) in [6.45, 7) is 2.14. The van der Waals surface area contributed by atoms with E-state index >= 15 is 0 Å². The van der Waals surface area contributed by atoms with Gasteiger partial charge in [-0.15, -0.1) is 0 Å². The SMILES string of the molecule is CC1=CC2C3=Cc4c(oc5ccccc45)C(C#CN2C=C1)C3. The lowest BCUT2D eigenvalue weighted by atomic mass is 9.84. The maximum atomic E-state index is 6.11. The molecule has 106 valence electrons. The highest BCUT2D eigenvalue weighted by Gasteiger charge is 2.32. The van der Waals surface area contributed by atoms with Crippen molar-refractivity contribution in [1.82, 2.24) is 4.90 Å². The van der Waals surface area contributed by atoms with E-state index in [1.54, 1.807) is 0 Å². The summed E-state index contributed by atoms with van der Waals surface area (Å²) in [5.74, 6) is 4.60. The molecule has 0 amide bonds. The van der Waals surface area contributed by atoms with Gasteiger partial charge >= 0.3 is 0 Å². The van der Waals surface area contributed by atoms with Crippen molar-refractivity contribution in [3.8, 4) is 12.0 Å². The van der Waals surface area contributed by atoms with Crippen LogP contribution in [0.15, 0.2) is 58.2 Å². The minimum atomic E-state index is 0.162. The van der Waals surface area contributed by atoms with Gasteiger partial charge in [-0.25, -0.2) is 0 Å². The number of furan rings is 1. The van der Waals surface area contributed by atoms with Crippen molar-refractivity contribution in [3.63, 3.8) is 0 Å². The summed E-state index contributed by atoms with van der Waals surface area (Å²) in [4.78, 5) is 2.12. The van der Waals surface area contributed by atoms with Crippen molar-refractivity contribution in [3.05, 3.63) is 65.1 Å². The van der Waals surface area contributed by atoms with Crippen LogP contribution in [0, 0.1) is 12.0 Å². The number of allylic oxidation sites excluding steroid dienone is 2. The van der Waals surface area contributed by atoms with Gasteiger partial charge in [0.15, 0.2) is 0 Å². The Bertz CT molecular complexity index is 945. The molecule has 2 aliphatic heterocycles. The molecule has 2 atom stereocenters. The number of nitrogens with zero attached hydrogens (tertiary/aromatic N) is 1. The molecule has 3 heterocycles. The maximum absolute atomic E-state index is 6.11. The van der Waals surface area contributed by atoms with E-state index in [1.807, 2.05) is 12.1 Å². The quantitative estimate of drug-likeness (QED) is 0.666. The van der Waals surface area contributed by atoms with E-state index in [-0.39, 0.29) is 12.0 Å². The van der Waals surface area contributed by atoms with Crippen LogP contribution in [0.1, 0.15) is 30.6 Å². The predicted octanol–water partition coefficient (Wildman–Crippen LogP) is 4.42. The molecule has 2 nitrogen and oxygen atoms in total. The summed E-state index contributed by atoms with van der Waals surface area (Å²) in [6, 6.07) is 11.8. The molecule has 0 spiro atoms. The maximum Gasteiger partial charge on any atom is 0.134 e. The van der Waals surface area contributed by atoms with Crippen molar-refractivity contribution in [1.29, 1.82) is 0 Å². The van der Waals surface area contributed by atoms with E-state index in [9.17, 15) is 0 Å². The first-order chi connectivity index (χ1) is 10.8. The molecule has 0 saturated carbocycles. The third-order valence-corrected chi connectivity index (χ3v) is 4.71. The second-order valence-corrected chi connectivity index (χ2v) is 6.19. The van der Waals surface area contributed by atoms with Crippen molar-refractivity contribution in [2.45, 2.75) is 25.3 Å². The van der Waals surface area contributed by atoms with Gasteiger partial charge in [0.05, 0.1) is 12.0 Å². The standard InChI is InChI=1S/C20H15NO/c1-13-6-8-21-9-7-14-11-15(18(21)10-13)12-17-16-4-2-3-5-19(16)22-20(14)17/h2-6,8,10,12,14,18H,11H2,1H3. The Kier molecular flexibility index (Phi) is 2.27. The first-order valence-corrected chi connectivity index (χ1v) is 7.67. The number of hydrogen-bond donors (Lipinski definition) is 0. The lowest BCUT2D eigenvalue weighted by Gasteiger charge is -2.29. The molecule has 22 heavy (non-hydrogen) atoms. The molecular weight excluding hydrogens is 270 g/mol. The zero-order valence-corrected chi connectivity index (χ0v) is 12.3. The van der Waals surface area contributed by atoms with Gasteiger partial charge in [0.1, 0.15) is 11.3 Å². The van der Waals surface area contributed by atoms with Gasteiger partial charge in [0.25, 0.3) is 0 Å². The summed E-state index contributed by atoms with van der Waals surface area (Å²) in [7, 11) is 0. The summed E-state index contributed by atoms with van der Waals surface area (Å²) < 4.78 is 6.11. The Balaban J connectivity index is 1.77. The zero-order valence-electron chi connectivity index (χ0n) is 12.3. The second-order valence-electron chi connectivity index (χ2n) is 6.19. The Hall–Kier alpha value is -2.66. The van der Waals surface area contributed by atoms with Crippen LogP contribution in [-0.2, 0) is 0 Å². The van der Waals surface area contributed by atoms with Crippen molar-refractivity contribution >= 4 is 17.0 Å². The number of para-hydroxylation sites is 1. The van der Waals surface area contributed by atoms with Gasteiger partial charge in [-0.1, -0.05) is 35.8 Å². The molecule has 0 N–H and O–H groups in total. The van der Waals surface area contributed by atoms with E-state index in [1.165, 1.54) is 22.1 Å². The molecule has 5 rings (SSSR count). The molecule has 1 aromatic carbocycles. The van der Waals surface area contributed by atoms with Crippen molar-refractivity contribution in [2.24, 2.45) is 0 Å². The minimum absolute atomic E-state index is 0.162. The number of rotatable bonds is 0. The molecule has 2 bridgehead atoms. The minimum Gasteiger partial charge on any atom is -0.459 e. The van der Waals surface area contributed by atoms with Crippen LogP contribution in [0.3, 0.4) is 0 Å². The lowest BCUT2D eigenvalue weighted by Crippen LogP contribution is -2.28. The Morgan fingerprint density at radius 2 is 2.18 bits per heavy atom. The molecule has 0 fully saturated rings. The van der Waals surface area contributed by atoms with Crippen molar-refractivity contribution < 1.29 is 4.42 Å². The highest BCUT2D eigenvalue weighted by Crippen LogP contribution is 2.42. The monoisotopic (exact) mass is 285 g/mol. The Morgan fingerprint density at radius 3 is 3.14 bits per heavy atom. The Morgan fingerprint density at radius 1 is 1.27 bits per heavy atom. The molecule has 2 aromatic rings. The van der Waals surface area contributed by atoms with E-state index in [0.29, 0.717) is 0 Å². The largest absolute Gasteiger partial charge is 0.459 e. The second kappa shape index (κ2) is 4.18. The number of benzene rings is 1. The number of fused-ring (bicyclic) bond motifs is 8. The van der Waals surface area contributed by atoms with Crippen LogP contribution in [0.5, 0.6) is 0 Å². The number of hydrogen-bond acceptors (Lipinski definition) is 2. The molecular formula is C20H15NO. The summed E-state index contributed by atoms with van der Waals surface area (Å²) in [5, 5.41) is 1.20. The van der Waals surface area contributed by atoms with Crippen LogP contribution < -0.4 is 0 Å². The summed E-state index contributed by atoms with van der Waals surface area (Å²) in [6.07, 6.45) is 9.78. The van der Waals surface area contributed by atoms with E-state index in [4.69, 9.17) is 4.42 Å². The predicted molar refractivity (Wildman–Crippen MR) is 87.8 cm³/mol. The van der Waals surface area contributed by atoms with Gasteiger partial charge in [-0.05, 0) is 37.1 Å². The summed E-state index contributed by atoms with van der Waals surface area (Å²) >= 11 is 0. The lowest BCUT2D eigenvalue weighted by molar-refractivity contribution is 0.473. The third-order valence-electron chi connectivity index (χ3n) is 4.71. The molecule has 0 radical (unpaired) electrons. The summed E-state index contributed by atoms with van der Waals surface area (Å²) in [5.41, 5.74) is 4.89. The molecule has 1 aliphatic carbocycles. The topological polar surface area (TPSA) is 16.4 Å². The van der Waals surface area contributed by atoms with Crippen LogP contribution >= 0.6 is 0 Å². The van der Waals surface area contributed by atoms with Crippen LogP contribution in [-0.4, -0.2) is 10.9 Å². The fourth-order valence-corrected chi connectivity index (χ4v) is 3.61. The van der Waals surface area contributed by atoms with Crippen LogP contribution in [0.4, 0.5) is 0 Å². The van der Waals surface area contributed by atoms with E-state index in [0.717, 1.165) is 17.8 Å². The Labute approximate surface area is 129 Å². The average molecular weight is 285 g/mol. The highest BCUT2D eigenvalue weighted by molar-refractivity contribution is 5.90. The van der Waals surface area contributed by atoms with Gasteiger partial charge in [-0.3, -0.25) is 4.90 Å².